The minimum Gasteiger partial charge on any atom is -0.340 e. The number of carbonyl (C=O) groups excluding carboxylic acids is 1. The highest BCUT2D eigenvalue weighted by molar-refractivity contribution is 5.76. The van der Waals surface area contributed by atoms with Crippen molar-refractivity contribution in [1.29, 1.82) is 0 Å². The number of unbranched alkanes of at least 4 members (excludes halogenated alkanes) is 2. The van der Waals surface area contributed by atoms with E-state index < -0.39 is 0 Å². The second kappa shape index (κ2) is 7.66. The molecule has 1 saturated carbocycles. The Hall–Kier alpha value is -0.570. The van der Waals surface area contributed by atoms with E-state index in [0.717, 1.165) is 25.8 Å². The maximum absolute atomic E-state index is 12.0. The van der Waals surface area contributed by atoms with Crippen LogP contribution in [-0.2, 0) is 4.79 Å². The Balaban J connectivity index is 2.31. The van der Waals surface area contributed by atoms with Gasteiger partial charge < -0.3 is 10.6 Å². The molecule has 0 unspecified atom stereocenters. The summed E-state index contributed by atoms with van der Waals surface area (Å²) in [5.74, 6) is 0.353. The van der Waals surface area contributed by atoms with Crippen LogP contribution in [0.3, 0.4) is 0 Å². The molecule has 2 N–H and O–H groups in total. The Morgan fingerprint density at radius 1 is 1.31 bits per heavy atom. The van der Waals surface area contributed by atoms with Crippen LogP contribution in [0.15, 0.2) is 0 Å². The third-order valence-corrected chi connectivity index (χ3v) is 3.43. The minimum absolute atomic E-state index is 0.353. The number of nitrogens with two attached hydrogens (primary N) is 1. The molecular formula is C13H26N2O. The van der Waals surface area contributed by atoms with E-state index in [0.29, 0.717) is 18.5 Å². The Kier molecular flexibility index (Phi) is 6.46. The van der Waals surface area contributed by atoms with Gasteiger partial charge in [0.1, 0.15) is 0 Å². The van der Waals surface area contributed by atoms with Crippen molar-refractivity contribution in [3.63, 3.8) is 0 Å². The quantitative estimate of drug-likeness (QED) is 0.645. The van der Waals surface area contributed by atoms with Gasteiger partial charge >= 0.3 is 0 Å². The number of hydrogen-bond acceptors (Lipinski definition) is 2. The van der Waals surface area contributed by atoms with Crippen molar-refractivity contribution in [2.24, 2.45) is 5.73 Å². The predicted octanol–water partition coefficient (Wildman–Crippen LogP) is 2.30. The van der Waals surface area contributed by atoms with Crippen LogP contribution >= 0.6 is 0 Å². The van der Waals surface area contributed by atoms with Crippen molar-refractivity contribution >= 4 is 5.91 Å². The zero-order valence-electron chi connectivity index (χ0n) is 10.6. The first-order valence-corrected chi connectivity index (χ1v) is 6.79. The highest BCUT2D eigenvalue weighted by atomic mass is 16.2. The smallest absolute Gasteiger partial charge is 0.222 e. The van der Waals surface area contributed by atoms with Crippen molar-refractivity contribution in [1.82, 2.24) is 4.90 Å². The number of rotatable bonds is 8. The summed E-state index contributed by atoms with van der Waals surface area (Å²) < 4.78 is 0. The van der Waals surface area contributed by atoms with Crippen LogP contribution in [0.2, 0.25) is 0 Å². The van der Waals surface area contributed by atoms with Crippen LogP contribution in [0.1, 0.15) is 58.3 Å². The molecule has 0 aliphatic heterocycles. The summed E-state index contributed by atoms with van der Waals surface area (Å²) in [5, 5.41) is 0. The molecular weight excluding hydrogens is 200 g/mol. The Morgan fingerprint density at radius 3 is 2.56 bits per heavy atom. The predicted molar refractivity (Wildman–Crippen MR) is 67.2 cm³/mol. The number of nitrogens with zero attached hydrogens (tertiary/aromatic N) is 1. The lowest BCUT2D eigenvalue weighted by Crippen LogP contribution is -2.45. The van der Waals surface area contributed by atoms with Crippen molar-refractivity contribution in [2.45, 2.75) is 64.3 Å². The fourth-order valence-electron chi connectivity index (χ4n) is 2.14. The number of hydrogen-bond donors (Lipinski definition) is 1. The second-order valence-corrected chi connectivity index (χ2v) is 4.77. The SMILES string of the molecule is CCCCCC(=O)N(CCCN)C1CCC1. The third kappa shape index (κ3) is 4.12. The summed E-state index contributed by atoms with van der Waals surface area (Å²) >= 11 is 0. The van der Waals surface area contributed by atoms with Gasteiger partial charge in [0.2, 0.25) is 5.91 Å². The lowest BCUT2D eigenvalue weighted by molar-refractivity contribution is -0.135. The van der Waals surface area contributed by atoms with Gasteiger partial charge in [-0.05, 0) is 38.6 Å². The molecule has 0 bridgehead atoms. The average molecular weight is 226 g/mol. The summed E-state index contributed by atoms with van der Waals surface area (Å²) in [7, 11) is 0. The zero-order chi connectivity index (χ0) is 11.8. The largest absolute Gasteiger partial charge is 0.340 e. The molecule has 1 rings (SSSR count). The van der Waals surface area contributed by atoms with Crippen LogP contribution < -0.4 is 5.73 Å². The fraction of sp³-hybridized carbons (Fsp3) is 0.923. The van der Waals surface area contributed by atoms with E-state index in [-0.39, 0.29) is 0 Å². The average Bonchev–Trinajstić information content (AvgIpc) is 2.21. The highest BCUT2D eigenvalue weighted by Gasteiger charge is 2.27. The lowest BCUT2D eigenvalue weighted by Gasteiger charge is -2.37. The van der Waals surface area contributed by atoms with Crippen molar-refractivity contribution in [3.8, 4) is 0 Å². The molecule has 0 saturated heterocycles. The monoisotopic (exact) mass is 226 g/mol. The van der Waals surface area contributed by atoms with Crippen molar-refractivity contribution < 1.29 is 4.79 Å². The molecule has 0 radical (unpaired) electrons. The fourth-order valence-corrected chi connectivity index (χ4v) is 2.14. The molecule has 1 aliphatic rings. The van der Waals surface area contributed by atoms with Gasteiger partial charge in [-0.3, -0.25) is 4.79 Å². The van der Waals surface area contributed by atoms with Gasteiger partial charge in [0.15, 0.2) is 0 Å². The van der Waals surface area contributed by atoms with E-state index >= 15 is 0 Å². The molecule has 0 spiro atoms. The highest BCUT2D eigenvalue weighted by Crippen LogP contribution is 2.25. The molecule has 94 valence electrons. The maximum atomic E-state index is 12.0. The summed E-state index contributed by atoms with van der Waals surface area (Å²) in [5.41, 5.74) is 5.52. The third-order valence-electron chi connectivity index (χ3n) is 3.43. The van der Waals surface area contributed by atoms with Crippen LogP contribution in [0, 0.1) is 0 Å². The van der Waals surface area contributed by atoms with Crippen LogP contribution in [0.4, 0.5) is 0 Å². The summed E-state index contributed by atoms with van der Waals surface area (Å²) in [6.45, 7) is 3.72. The van der Waals surface area contributed by atoms with E-state index in [1.54, 1.807) is 0 Å². The molecule has 1 fully saturated rings. The van der Waals surface area contributed by atoms with E-state index in [2.05, 4.69) is 11.8 Å². The molecule has 0 heterocycles. The second-order valence-electron chi connectivity index (χ2n) is 4.77. The molecule has 0 aromatic heterocycles. The molecule has 3 heteroatoms. The molecule has 0 atom stereocenters. The molecule has 1 amide bonds. The Morgan fingerprint density at radius 2 is 2.06 bits per heavy atom. The van der Waals surface area contributed by atoms with Gasteiger partial charge in [0.05, 0.1) is 0 Å². The summed E-state index contributed by atoms with van der Waals surface area (Å²) in [6, 6.07) is 0.528. The molecule has 3 nitrogen and oxygen atoms in total. The van der Waals surface area contributed by atoms with E-state index in [4.69, 9.17) is 5.73 Å². The van der Waals surface area contributed by atoms with Gasteiger partial charge in [0.25, 0.3) is 0 Å². The van der Waals surface area contributed by atoms with E-state index in [1.807, 2.05) is 0 Å². The standard InChI is InChI=1S/C13H26N2O/c1-2-3-4-9-13(16)15(11-6-10-14)12-7-5-8-12/h12H,2-11,14H2,1H3. The summed E-state index contributed by atoms with van der Waals surface area (Å²) in [6.07, 6.45) is 8.74. The van der Waals surface area contributed by atoms with Gasteiger partial charge in [-0.15, -0.1) is 0 Å². The lowest BCUT2D eigenvalue weighted by atomic mass is 9.91. The molecule has 16 heavy (non-hydrogen) atoms. The van der Waals surface area contributed by atoms with Crippen molar-refractivity contribution in [3.05, 3.63) is 0 Å². The van der Waals surface area contributed by atoms with Gasteiger partial charge in [-0.25, -0.2) is 0 Å². The van der Waals surface area contributed by atoms with Gasteiger partial charge in [0, 0.05) is 19.0 Å². The topological polar surface area (TPSA) is 46.3 Å². The van der Waals surface area contributed by atoms with Gasteiger partial charge in [-0.2, -0.15) is 0 Å². The Labute approximate surface area is 99.4 Å². The van der Waals surface area contributed by atoms with Crippen LogP contribution in [0.5, 0.6) is 0 Å². The zero-order valence-corrected chi connectivity index (χ0v) is 10.6. The summed E-state index contributed by atoms with van der Waals surface area (Å²) in [4.78, 5) is 14.1. The van der Waals surface area contributed by atoms with E-state index in [1.165, 1.54) is 32.1 Å². The van der Waals surface area contributed by atoms with E-state index in [9.17, 15) is 4.79 Å². The van der Waals surface area contributed by atoms with Crippen molar-refractivity contribution in [2.75, 3.05) is 13.1 Å². The number of amides is 1. The first-order chi connectivity index (χ1) is 7.79. The van der Waals surface area contributed by atoms with Crippen LogP contribution in [0.25, 0.3) is 0 Å². The molecule has 0 aromatic rings. The molecule has 0 aromatic carbocycles. The molecule has 1 aliphatic carbocycles. The Bertz CT molecular complexity index is 202. The van der Waals surface area contributed by atoms with Gasteiger partial charge in [-0.1, -0.05) is 19.8 Å². The maximum Gasteiger partial charge on any atom is 0.222 e. The first-order valence-electron chi connectivity index (χ1n) is 6.79. The normalized spacial score (nSPS) is 15.9. The number of carbonyl (C=O) groups is 1. The minimum atomic E-state index is 0.353. The van der Waals surface area contributed by atoms with Crippen LogP contribution in [-0.4, -0.2) is 29.9 Å². The first kappa shape index (κ1) is 13.5.